The highest BCUT2D eigenvalue weighted by Crippen LogP contribution is 2.39. The SMILES string of the molecule is Cn1nc(C2CCCC2)cc1C(=O)N1CC2CCC(C1)C(C(=O)O)C2. The Kier molecular flexibility index (Phi) is 4.29. The number of rotatable bonds is 3. The molecular weight excluding hydrogens is 318 g/mol. The molecule has 2 saturated carbocycles. The zero-order chi connectivity index (χ0) is 17.6. The van der Waals surface area contributed by atoms with Crippen molar-refractivity contribution >= 4 is 11.9 Å². The molecule has 0 aromatic carbocycles. The largest absolute Gasteiger partial charge is 0.481 e. The molecular formula is C19H27N3O3. The first kappa shape index (κ1) is 16.6. The number of nitrogens with zero attached hydrogens (tertiary/aromatic N) is 3. The lowest BCUT2D eigenvalue weighted by Crippen LogP contribution is -2.37. The van der Waals surface area contributed by atoms with Gasteiger partial charge in [-0.2, -0.15) is 5.10 Å². The normalized spacial score (nSPS) is 29.8. The van der Waals surface area contributed by atoms with Crippen LogP contribution in [0.5, 0.6) is 0 Å². The molecule has 5 rings (SSSR count). The van der Waals surface area contributed by atoms with Crippen LogP contribution in [-0.4, -0.2) is 44.8 Å². The minimum Gasteiger partial charge on any atom is -0.481 e. The molecule has 1 N–H and O–H groups in total. The van der Waals surface area contributed by atoms with Gasteiger partial charge in [-0.05, 0) is 50.0 Å². The summed E-state index contributed by atoms with van der Waals surface area (Å²) in [7, 11) is 1.85. The van der Waals surface area contributed by atoms with Crippen LogP contribution >= 0.6 is 0 Å². The lowest BCUT2D eigenvalue weighted by molar-refractivity contribution is -0.145. The summed E-state index contributed by atoms with van der Waals surface area (Å²) >= 11 is 0. The average Bonchev–Trinajstić information content (AvgIpc) is 3.15. The van der Waals surface area contributed by atoms with Gasteiger partial charge in [0.05, 0.1) is 11.6 Å². The smallest absolute Gasteiger partial charge is 0.306 e. The van der Waals surface area contributed by atoms with Crippen LogP contribution < -0.4 is 0 Å². The number of aliphatic carboxylic acids is 1. The van der Waals surface area contributed by atoms with Crippen LogP contribution in [0, 0.1) is 17.8 Å². The summed E-state index contributed by atoms with van der Waals surface area (Å²) in [5.74, 6) is -0.0918. The Morgan fingerprint density at radius 2 is 1.92 bits per heavy atom. The van der Waals surface area contributed by atoms with Crippen molar-refractivity contribution in [2.24, 2.45) is 24.8 Å². The van der Waals surface area contributed by atoms with Crippen molar-refractivity contribution in [2.75, 3.05) is 13.1 Å². The molecule has 2 bridgehead atoms. The van der Waals surface area contributed by atoms with E-state index in [1.54, 1.807) is 4.68 Å². The first-order chi connectivity index (χ1) is 12.0. The third kappa shape index (κ3) is 3.07. The second-order valence-electron chi connectivity index (χ2n) is 8.15. The molecule has 0 radical (unpaired) electrons. The lowest BCUT2D eigenvalue weighted by Gasteiger charge is -2.28. The van der Waals surface area contributed by atoms with Crippen molar-refractivity contribution in [1.29, 1.82) is 0 Å². The summed E-state index contributed by atoms with van der Waals surface area (Å²) in [6.07, 6.45) is 7.49. The number of fused-ring (bicyclic) bond motifs is 4. The summed E-state index contributed by atoms with van der Waals surface area (Å²) < 4.78 is 1.72. The Balaban J connectivity index is 1.54. The summed E-state index contributed by atoms with van der Waals surface area (Å²) in [5.41, 5.74) is 1.69. The van der Waals surface area contributed by atoms with Gasteiger partial charge in [-0.1, -0.05) is 12.8 Å². The van der Waals surface area contributed by atoms with E-state index in [1.807, 2.05) is 18.0 Å². The van der Waals surface area contributed by atoms with Gasteiger partial charge in [0.1, 0.15) is 5.69 Å². The van der Waals surface area contributed by atoms with Crippen LogP contribution in [0.1, 0.15) is 67.0 Å². The second-order valence-corrected chi connectivity index (χ2v) is 8.15. The number of carbonyl (C=O) groups excluding carboxylic acids is 1. The highest BCUT2D eigenvalue weighted by molar-refractivity contribution is 5.93. The van der Waals surface area contributed by atoms with Crippen LogP contribution in [-0.2, 0) is 11.8 Å². The maximum absolute atomic E-state index is 13.1. The van der Waals surface area contributed by atoms with E-state index in [9.17, 15) is 14.7 Å². The number of carbonyl (C=O) groups is 2. The van der Waals surface area contributed by atoms with E-state index in [0.29, 0.717) is 37.0 Å². The van der Waals surface area contributed by atoms with Crippen LogP contribution in [0.2, 0.25) is 0 Å². The summed E-state index contributed by atoms with van der Waals surface area (Å²) in [6.45, 7) is 1.25. The van der Waals surface area contributed by atoms with Gasteiger partial charge in [-0.3, -0.25) is 14.3 Å². The maximum Gasteiger partial charge on any atom is 0.306 e. The number of aromatic nitrogens is 2. The van der Waals surface area contributed by atoms with E-state index in [-0.39, 0.29) is 17.7 Å². The highest BCUT2D eigenvalue weighted by atomic mass is 16.4. The quantitative estimate of drug-likeness (QED) is 0.914. The highest BCUT2D eigenvalue weighted by Gasteiger charge is 2.41. The minimum absolute atomic E-state index is 0.0159. The summed E-state index contributed by atoms with van der Waals surface area (Å²) in [4.78, 5) is 26.5. The van der Waals surface area contributed by atoms with Crippen molar-refractivity contribution in [1.82, 2.24) is 14.7 Å². The van der Waals surface area contributed by atoms with Crippen LogP contribution in [0.4, 0.5) is 0 Å². The molecule has 2 aliphatic carbocycles. The number of hydrogen-bond donors (Lipinski definition) is 1. The van der Waals surface area contributed by atoms with E-state index >= 15 is 0 Å². The number of hydrogen-bond acceptors (Lipinski definition) is 3. The molecule has 4 fully saturated rings. The van der Waals surface area contributed by atoms with Gasteiger partial charge in [0.25, 0.3) is 5.91 Å². The van der Waals surface area contributed by atoms with Crippen molar-refractivity contribution in [2.45, 2.75) is 50.9 Å². The zero-order valence-electron chi connectivity index (χ0n) is 14.9. The lowest BCUT2D eigenvalue weighted by atomic mass is 9.76. The van der Waals surface area contributed by atoms with Gasteiger partial charge in [0.2, 0.25) is 0 Å². The first-order valence-electron chi connectivity index (χ1n) is 9.59. The average molecular weight is 345 g/mol. The topological polar surface area (TPSA) is 75.4 Å². The number of aryl methyl sites for hydroxylation is 1. The van der Waals surface area contributed by atoms with Crippen LogP contribution in [0.3, 0.4) is 0 Å². The molecule has 3 atom stereocenters. The fourth-order valence-corrected chi connectivity index (χ4v) is 5.11. The molecule has 1 aromatic rings. The van der Waals surface area contributed by atoms with E-state index in [1.165, 1.54) is 25.7 Å². The van der Waals surface area contributed by atoms with Crippen LogP contribution in [0.15, 0.2) is 6.07 Å². The molecule has 6 nitrogen and oxygen atoms in total. The van der Waals surface area contributed by atoms with Gasteiger partial charge in [-0.15, -0.1) is 0 Å². The van der Waals surface area contributed by atoms with Crippen molar-refractivity contribution in [3.05, 3.63) is 17.5 Å². The second kappa shape index (κ2) is 6.46. The Morgan fingerprint density at radius 3 is 2.64 bits per heavy atom. The van der Waals surface area contributed by atoms with E-state index in [0.717, 1.165) is 18.5 Å². The van der Waals surface area contributed by atoms with Crippen LogP contribution in [0.25, 0.3) is 0 Å². The molecule has 3 heterocycles. The predicted molar refractivity (Wildman–Crippen MR) is 92.3 cm³/mol. The number of carboxylic acid groups (broad SMARTS) is 1. The Morgan fingerprint density at radius 1 is 1.16 bits per heavy atom. The fourth-order valence-electron chi connectivity index (χ4n) is 5.11. The standard InChI is InChI=1S/C19H27N3O3/c1-21-17(9-16(20-21)13-4-2-3-5-13)18(23)22-10-12-6-7-14(11-22)15(8-12)19(24)25/h9,12-15H,2-8,10-11H2,1H3,(H,24,25). The predicted octanol–water partition coefficient (Wildman–Crippen LogP) is 2.65. The Hall–Kier alpha value is -1.85. The third-order valence-electron chi connectivity index (χ3n) is 6.53. The van der Waals surface area contributed by atoms with Crippen molar-refractivity contribution in [3.8, 4) is 0 Å². The fraction of sp³-hybridized carbons (Fsp3) is 0.737. The Labute approximate surface area is 148 Å². The molecule has 0 spiro atoms. The molecule has 1 amide bonds. The van der Waals surface area contributed by atoms with E-state index in [4.69, 9.17) is 0 Å². The van der Waals surface area contributed by atoms with Gasteiger partial charge in [-0.25, -0.2) is 0 Å². The summed E-state index contributed by atoms with van der Waals surface area (Å²) in [5, 5.41) is 14.1. The molecule has 3 unspecified atom stereocenters. The van der Waals surface area contributed by atoms with Gasteiger partial charge < -0.3 is 10.0 Å². The van der Waals surface area contributed by atoms with Crippen molar-refractivity contribution < 1.29 is 14.7 Å². The number of amides is 1. The third-order valence-corrected chi connectivity index (χ3v) is 6.53. The molecule has 136 valence electrons. The van der Waals surface area contributed by atoms with Gasteiger partial charge in [0.15, 0.2) is 0 Å². The molecule has 6 heteroatoms. The first-order valence-corrected chi connectivity index (χ1v) is 9.59. The van der Waals surface area contributed by atoms with Crippen molar-refractivity contribution in [3.63, 3.8) is 0 Å². The van der Waals surface area contributed by atoms with Gasteiger partial charge >= 0.3 is 5.97 Å². The Bertz CT molecular complexity index is 677. The minimum atomic E-state index is -0.701. The maximum atomic E-state index is 13.1. The monoisotopic (exact) mass is 345 g/mol. The van der Waals surface area contributed by atoms with E-state index < -0.39 is 5.97 Å². The van der Waals surface area contributed by atoms with Gasteiger partial charge in [0, 0.05) is 26.1 Å². The van der Waals surface area contributed by atoms with E-state index in [2.05, 4.69) is 5.10 Å². The molecule has 4 aliphatic rings. The zero-order valence-corrected chi connectivity index (χ0v) is 14.9. The summed E-state index contributed by atoms with van der Waals surface area (Å²) in [6, 6.07) is 1.97. The molecule has 2 aliphatic heterocycles. The molecule has 25 heavy (non-hydrogen) atoms. The molecule has 2 saturated heterocycles. The molecule has 1 aromatic heterocycles. The number of carboxylic acids is 1.